The molecule has 0 rings (SSSR count). The zero-order valence-corrected chi connectivity index (χ0v) is 35.4. The van der Waals surface area contributed by atoms with Gasteiger partial charge in [-0.05, 0) is 57.8 Å². The molecule has 0 spiro atoms. The number of carbonyl (C=O) groups excluding carboxylic acids is 3. The van der Waals surface area contributed by atoms with Gasteiger partial charge in [-0.3, -0.25) is 9.59 Å². The molecule has 0 aliphatic heterocycles. The number of quaternary nitrogens is 1. The van der Waals surface area contributed by atoms with Gasteiger partial charge in [0.15, 0.2) is 6.10 Å². The third-order valence-electron chi connectivity index (χ3n) is 9.47. The summed E-state index contributed by atoms with van der Waals surface area (Å²) in [4.78, 5) is 36.7. The van der Waals surface area contributed by atoms with Crippen LogP contribution in [0.15, 0.2) is 48.6 Å². The third-order valence-corrected chi connectivity index (χ3v) is 9.47. The molecule has 0 N–H and O–H groups in total. The fourth-order valence-electron chi connectivity index (χ4n) is 6.05. The number of nitrogens with zero attached hydrogens (tertiary/aromatic N) is 1. The topological polar surface area (TPSA) is 102 Å². The lowest BCUT2D eigenvalue weighted by Crippen LogP contribution is -2.55. The molecule has 0 amide bonds. The zero-order valence-electron chi connectivity index (χ0n) is 35.4. The summed E-state index contributed by atoms with van der Waals surface area (Å²) in [5.74, 6) is -1.76. The average molecular weight is 760 g/mol. The first kappa shape index (κ1) is 51.3. The Bertz CT molecular complexity index is 1030. The molecule has 0 fully saturated rings. The van der Waals surface area contributed by atoms with Crippen molar-refractivity contribution >= 4 is 17.9 Å². The fraction of sp³-hybridized carbons (Fsp3) is 0.761. The van der Waals surface area contributed by atoms with Gasteiger partial charge in [0.05, 0.1) is 40.3 Å². The Morgan fingerprint density at radius 3 is 1.48 bits per heavy atom. The van der Waals surface area contributed by atoms with Gasteiger partial charge >= 0.3 is 11.9 Å². The minimum Gasteiger partial charge on any atom is -0.544 e. The summed E-state index contributed by atoms with van der Waals surface area (Å²) in [6, 6.07) is -0.728. The van der Waals surface area contributed by atoms with E-state index in [2.05, 4.69) is 62.5 Å². The first-order valence-electron chi connectivity index (χ1n) is 21.7. The van der Waals surface area contributed by atoms with Crippen LogP contribution in [0.5, 0.6) is 0 Å². The van der Waals surface area contributed by atoms with E-state index in [0.717, 1.165) is 77.0 Å². The van der Waals surface area contributed by atoms with Crippen LogP contribution in [0.1, 0.15) is 174 Å². The number of likely N-dealkylation sites (N-methyl/N-ethyl adjacent to an activating group) is 1. The van der Waals surface area contributed by atoms with Crippen LogP contribution in [0.25, 0.3) is 0 Å². The summed E-state index contributed by atoms with van der Waals surface area (Å²) in [6.07, 6.45) is 42.8. The van der Waals surface area contributed by atoms with E-state index in [9.17, 15) is 19.5 Å². The predicted molar refractivity (Wildman–Crippen MR) is 222 cm³/mol. The van der Waals surface area contributed by atoms with Crippen LogP contribution in [0, 0.1) is 0 Å². The molecule has 2 unspecified atom stereocenters. The van der Waals surface area contributed by atoms with Gasteiger partial charge in [-0.15, -0.1) is 0 Å². The molecule has 54 heavy (non-hydrogen) atoms. The monoisotopic (exact) mass is 760 g/mol. The average Bonchev–Trinajstić information content (AvgIpc) is 3.12. The van der Waals surface area contributed by atoms with Gasteiger partial charge in [0, 0.05) is 19.3 Å². The highest BCUT2D eigenvalue weighted by Gasteiger charge is 2.25. The van der Waals surface area contributed by atoms with Gasteiger partial charge in [0.2, 0.25) is 0 Å². The number of ether oxygens (including phenoxy) is 3. The molecule has 0 aromatic carbocycles. The van der Waals surface area contributed by atoms with Crippen molar-refractivity contribution in [2.75, 3.05) is 41.0 Å². The standard InChI is InChI=1S/C46H81NO7/c1-6-8-10-12-14-16-17-18-19-20-21-22-23-24-25-26-27-29-31-33-35-37-45(49)54-42(40-52-39-38-43(46(50)51)47(3,4)5)41-53-44(48)36-34-32-30-28-15-13-11-9-7-2/h14,16,18-19,21-22,24-25,42-43H,6-13,15,17,20,23,26-41H2,1-5H3/b16-14+,19-18+,22-21+,25-24+. The molecule has 0 saturated heterocycles. The molecule has 0 bridgehead atoms. The Labute approximate surface area is 331 Å². The molecule has 0 aliphatic carbocycles. The smallest absolute Gasteiger partial charge is 0.306 e. The molecule has 0 heterocycles. The number of aliphatic carboxylic acids is 1. The van der Waals surface area contributed by atoms with Gasteiger partial charge in [-0.25, -0.2) is 0 Å². The molecular weight excluding hydrogens is 679 g/mol. The van der Waals surface area contributed by atoms with Gasteiger partial charge in [-0.1, -0.05) is 146 Å². The molecular formula is C46H81NO7. The summed E-state index contributed by atoms with van der Waals surface area (Å²) in [5.41, 5.74) is 0. The lowest BCUT2D eigenvalue weighted by molar-refractivity contribution is -0.889. The maximum absolute atomic E-state index is 12.7. The van der Waals surface area contributed by atoms with Crippen LogP contribution in [0.4, 0.5) is 0 Å². The fourth-order valence-corrected chi connectivity index (χ4v) is 6.05. The minimum absolute atomic E-state index is 0.0332. The highest BCUT2D eigenvalue weighted by atomic mass is 16.6. The lowest BCUT2D eigenvalue weighted by Gasteiger charge is -2.34. The minimum atomic E-state index is -1.13. The molecule has 2 atom stereocenters. The molecule has 8 nitrogen and oxygen atoms in total. The van der Waals surface area contributed by atoms with Crippen molar-refractivity contribution in [2.24, 2.45) is 0 Å². The van der Waals surface area contributed by atoms with E-state index in [-0.39, 0.29) is 42.7 Å². The molecule has 0 aliphatic rings. The van der Waals surface area contributed by atoms with Crippen molar-refractivity contribution in [2.45, 2.75) is 187 Å². The Morgan fingerprint density at radius 2 is 0.981 bits per heavy atom. The van der Waals surface area contributed by atoms with E-state index >= 15 is 0 Å². The van der Waals surface area contributed by atoms with Crippen molar-refractivity contribution in [3.8, 4) is 0 Å². The van der Waals surface area contributed by atoms with Gasteiger partial charge in [-0.2, -0.15) is 0 Å². The summed E-state index contributed by atoms with van der Waals surface area (Å²) < 4.78 is 17.1. The van der Waals surface area contributed by atoms with Crippen LogP contribution >= 0.6 is 0 Å². The van der Waals surface area contributed by atoms with E-state index in [1.165, 1.54) is 64.2 Å². The van der Waals surface area contributed by atoms with Crippen molar-refractivity contribution in [1.29, 1.82) is 0 Å². The number of hydrogen-bond donors (Lipinski definition) is 0. The predicted octanol–water partition coefficient (Wildman–Crippen LogP) is 10.3. The highest BCUT2D eigenvalue weighted by molar-refractivity contribution is 5.70. The van der Waals surface area contributed by atoms with E-state index < -0.39 is 18.1 Å². The quantitative estimate of drug-likeness (QED) is 0.0267. The van der Waals surface area contributed by atoms with Gasteiger partial charge in [0.1, 0.15) is 12.6 Å². The Hall–Kier alpha value is -2.71. The van der Waals surface area contributed by atoms with Crippen molar-refractivity contribution in [3.63, 3.8) is 0 Å². The molecule has 0 aromatic rings. The second-order valence-electron chi connectivity index (χ2n) is 15.6. The summed E-state index contributed by atoms with van der Waals surface area (Å²) in [5, 5.41) is 11.6. The normalized spacial score (nSPS) is 13.4. The van der Waals surface area contributed by atoms with Crippen LogP contribution in [-0.4, -0.2) is 75.5 Å². The third kappa shape index (κ3) is 35.0. The Morgan fingerprint density at radius 1 is 0.556 bits per heavy atom. The first-order chi connectivity index (χ1) is 26.1. The molecule has 0 radical (unpaired) electrons. The largest absolute Gasteiger partial charge is 0.544 e. The van der Waals surface area contributed by atoms with Crippen LogP contribution in [-0.2, 0) is 28.6 Å². The maximum atomic E-state index is 12.7. The van der Waals surface area contributed by atoms with E-state index in [0.29, 0.717) is 12.8 Å². The van der Waals surface area contributed by atoms with Gasteiger partial charge < -0.3 is 28.6 Å². The Kier molecular flexibility index (Phi) is 35.4. The van der Waals surface area contributed by atoms with Crippen molar-refractivity contribution in [1.82, 2.24) is 0 Å². The number of esters is 2. The number of rotatable bonds is 38. The highest BCUT2D eigenvalue weighted by Crippen LogP contribution is 2.13. The second kappa shape index (κ2) is 37.2. The summed E-state index contributed by atoms with van der Waals surface area (Å²) in [7, 11) is 5.39. The number of hydrogen-bond acceptors (Lipinski definition) is 7. The number of unbranched alkanes of at least 4 members (excludes halogenated alkanes) is 16. The number of carbonyl (C=O) groups is 3. The molecule has 8 heteroatoms. The zero-order chi connectivity index (χ0) is 40.0. The van der Waals surface area contributed by atoms with E-state index in [1.54, 1.807) is 21.1 Å². The van der Waals surface area contributed by atoms with Crippen molar-refractivity contribution < 1.29 is 38.2 Å². The molecule has 0 saturated carbocycles. The molecule has 312 valence electrons. The number of carboxylic acids is 1. The van der Waals surface area contributed by atoms with E-state index in [4.69, 9.17) is 14.2 Å². The number of carboxylic acid groups (broad SMARTS) is 1. The Balaban J connectivity index is 4.34. The maximum Gasteiger partial charge on any atom is 0.306 e. The first-order valence-corrected chi connectivity index (χ1v) is 21.7. The van der Waals surface area contributed by atoms with Crippen molar-refractivity contribution in [3.05, 3.63) is 48.6 Å². The molecule has 0 aromatic heterocycles. The van der Waals surface area contributed by atoms with Crippen LogP contribution in [0.2, 0.25) is 0 Å². The van der Waals surface area contributed by atoms with E-state index in [1.807, 2.05) is 0 Å². The van der Waals surface area contributed by atoms with Gasteiger partial charge in [0.25, 0.3) is 0 Å². The summed E-state index contributed by atoms with van der Waals surface area (Å²) in [6.45, 7) is 4.58. The SMILES string of the molecule is CCCCC/C=C/C/C=C/C/C=C/C/C=C/CCCCCCCC(=O)OC(COCCC(C(=O)[O-])[N+](C)(C)C)COC(=O)CCCCCCCCCCC. The summed E-state index contributed by atoms with van der Waals surface area (Å²) >= 11 is 0. The van der Waals surface area contributed by atoms with Crippen LogP contribution in [0.3, 0.4) is 0 Å². The van der Waals surface area contributed by atoms with Crippen LogP contribution < -0.4 is 5.11 Å². The lowest BCUT2D eigenvalue weighted by atomic mass is 10.1. The second-order valence-corrected chi connectivity index (χ2v) is 15.6. The number of allylic oxidation sites excluding steroid dienone is 8.